The van der Waals surface area contributed by atoms with E-state index in [4.69, 9.17) is 4.74 Å². The highest BCUT2D eigenvalue weighted by Gasteiger charge is 2.51. The number of fused-ring (bicyclic) bond motifs is 1. The van der Waals surface area contributed by atoms with Crippen molar-refractivity contribution in [2.75, 3.05) is 24.5 Å². The van der Waals surface area contributed by atoms with Crippen molar-refractivity contribution in [1.82, 2.24) is 13.9 Å². The third-order valence-corrected chi connectivity index (χ3v) is 8.20. The van der Waals surface area contributed by atoms with E-state index >= 15 is 0 Å². The first kappa shape index (κ1) is 24.8. The number of benzene rings is 2. The molecular weight excluding hydrogens is 515 g/mol. The molecule has 0 bridgehead atoms. The highest BCUT2D eigenvalue weighted by atomic mass is 32.2. The van der Waals surface area contributed by atoms with Crippen LogP contribution in [0.25, 0.3) is 10.9 Å². The van der Waals surface area contributed by atoms with Crippen LogP contribution in [0.5, 0.6) is 11.5 Å². The normalized spacial score (nSPS) is 16.7. The Kier molecular flexibility index (Phi) is 5.99. The first-order chi connectivity index (χ1) is 17.6. The number of aromatic nitrogens is 2. The predicted octanol–water partition coefficient (Wildman–Crippen LogP) is 3.24. The number of alkyl halides is 1. The first-order valence-electron chi connectivity index (χ1n) is 11.3. The van der Waals surface area contributed by atoms with E-state index in [1.165, 1.54) is 16.4 Å². The van der Waals surface area contributed by atoms with Gasteiger partial charge in [-0.2, -0.15) is 22.4 Å². The van der Waals surface area contributed by atoms with Gasteiger partial charge >= 0.3 is 15.9 Å². The Morgan fingerprint density at radius 2 is 1.95 bits per heavy atom. The summed E-state index contributed by atoms with van der Waals surface area (Å²) >= 11 is 0. The number of nitrogens with one attached hydrogen (secondary N) is 2. The molecule has 0 unspecified atom stereocenters. The van der Waals surface area contributed by atoms with Crippen LogP contribution in [-0.4, -0.2) is 42.0 Å². The highest BCUT2D eigenvalue weighted by Crippen LogP contribution is 2.49. The van der Waals surface area contributed by atoms with Gasteiger partial charge in [-0.3, -0.25) is 14.1 Å². The van der Waals surface area contributed by atoms with E-state index < -0.39 is 63.3 Å². The molecule has 1 aliphatic heterocycles. The Bertz CT molecular complexity index is 1700. The molecule has 37 heavy (non-hydrogen) atoms. The van der Waals surface area contributed by atoms with Crippen LogP contribution in [0.2, 0.25) is 0 Å². The molecule has 0 amide bonds. The van der Waals surface area contributed by atoms with Gasteiger partial charge in [-0.1, -0.05) is 6.42 Å². The zero-order valence-electron chi connectivity index (χ0n) is 19.2. The molecule has 3 aromatic rings. The van der Waals surface area contributed by atoms with Crippen LogP contribution in [0.3, 0.4) is 0 Å². The molecule has 1 saturated carbocycles. The number of halogens is 3. The molecule has 5 rings (SSSR count). The van der Waals surface area contributed by atoms with Crippen molar-refractivity contribution in [2.24, 2.45) is 5.41 Å². The Morgan fingerprint density at radius 3 is 2.57 bits per heavy atom. The average molecular weight is 540 g/mol. The molecule has 10 nitrogen and oxygen atoms in total. The molecule has 0 atom stereocenters. The molecule has 0 radical (unpaired) electrons. The fourth-order valence-corrected chi connectivity index (χ4v) is 6.11. The lowest BCUT2D eigenvalue weighted by molar-refractivity contribution is -0.00752. The molecule has 198 valence electrons. The minimum Gasteiger partial charge on any atom is -0.453 e. The van der Waals surface area contributed by atoms with E-state index in [0.717, 1.165) is 25.3 Å². The summed E-state index contributed by atoms with van der Waals surface area (Å²) in [6.07, 6.45) is 2.87. The number of hydrogen-bond donors (Lipinski definition) is 2. The molecule has 2 heterocycles. The van der Waals surface area contributed by atoms with Crippen molar-refractivity contribution < 1.29 is 29.2 Å². The molecule has 2 aliphatic rings. The lowest BCUT2D eigenvalue weighted by atomic mass is 9.65. The standard InChI is InChI=1S/C23H20F3N5O5S.2H2/c24-6-7-31-21(32)14-8-13(2-3-17(14)28-22(31)33)36-20-15(10-27)18(9-16(25)19(20)26)29-37(34,35)30-11-23(12-30)4-1-5-23;;/h2-3,8-9,29H,1,4-7,11-12H2,(H,28,33);2*1H. The summed E-state index contributed by atoms with van der Waals surface area (Å²) in [5, 5.41) is 9.57. The summed E-state index contributed by atoms with van der Waals surface area (Å²) in [5.74, 6) is -4.13. The lowest BCUT2D eigenvalue weighted by Gasteiger charge is -2.54. The Labute approximate surface area is 211 Å². The van der Waals surface area contributed by atoms with E-state index in [0.29, 0.717) is 23.7 Å². The topological polar surface area (TPSA) is 137 Å². The fourth-order valence-electron chi connectivity index (χ4n) is 4.66. The summed E-state index contributed by atoms with van der Waals surface area (Å²) in [7, 11) is -4.15. The van der Waals surface area contributed by atoms with Gasteiger partial charge in [-0.15, -0.1) is 0 Å². The van der Waals surface area contributed by atoms with E-state index in [1.807, 2.05) is 0 Å². The number of hydrogen-bond acceptors (Lipinski definition) is 6. The van der Waals surface area contributed by atoms with E-state index in [1.54, 1.807) is 6.07 Å². The van der Waals surface area contributed by atoms with E-state index in [-0.39, 0.29) is 24.9 Å². The van der Waals surface area contributed by atoms with Gasteiger partial charge in [0.05, 0.1) is 23.1 Å². The smallest absolute Gasteiger partial charge is 0.328 e. The summed E-state index contributed by atoms with van der Waals surface area (Å²) in [4.78, 5) is 27.0. The predicted molar refractivity (Wildman–Crippen MR) is 131 cm³/mol. The zero-order valence-corrected chi connectivity index (χ0v) is 20.0. The highest BCUT2D eigenvalue weighted by molar-refractivity contribution is 7.90. The van der Waals surface area contributed by atoms with Crippen LogP contribution in [0.15, 0.2) is 33.9 Å². The van der Waals surface area contributed by atoms with Gasteiger partial charge in [0.15, 0.2) is 11.6 Å². The minimum atomic E-state index is -4.15. The Morgan fingerprint density at radius 1 is 1.22 bits per heavy atom. The average Bonchev–Trinajstić information content (AvgIpc) is 2.78. The van der Waals surface area contributed by atoms with Gasteiger partial charge in [-0.25, -0.2) is 13.6 Å². The third kappa shape index (κ3) is 4.23. The monoisotopic (exact) mass is 539 g/mol. The van der Waals surface area contributed by atoms with Crippen LogP contribution < -0.4 is 20.7 Å². The maximum atomic E-state index is 14.8. The molecule has 1 spiro atoms. The van der Waals surface area contributed by atoms with E-state index in [9.17, 15) is 36.4 Å². The van der Waals surface area contributed by atoms with Crippen LogP contribution in [0, 0.1) is 28.4 Å². The number of anilines is 1. The summed E-state index contributed by atoms with van der Waals surface area (Å²) in [5.41, 5.74) is -2.73. The number of nitriles is 1. The summed E-state index contributed by atoms with van der Waals surface area (Å²) in [6, 6.07) is 5.79. The molecule has 1 saturated heterocycles. The molecule has 14 heteroatoms. The second-order valence-corrected chi connectivity index (χ2v) is 10.8. The first-order valence-corrected chi connectivity index (χ1v) is 12.7. The minimum absolute atomic E-state index is 0. The quantitative estimate of drug-likeness (QED) is 0.473. The van der Waals surface area contributed by atoms with Gasteiger partial charge in [-0.05, 0) is 36.5 Å². The van der Waals surface area contributed by atoms with Gasteiger partial charge in [0.25, 0.3) is 5.56 Å². The van der Waals surface area contributed by atoms with Crippen molar-refractivity contribution in [1.29, 1.82) is 5.26 Å². The maximum absolute atomic E-state index is 14.8. The number of ether oxygens (including phenoxy) is 1. The number of aromatic amines is 1. The van der Waals surface area contributed by atoms with Gasteiger partial charge in [0.2, 0.25) is 5.82 Å². The third-order valence-electron chi connectivity index (χ3n) is 6.79. The molecule has 2 fully saturated rings. The van der Waals surface area contributed by atoms with Crippen molar-refractivity contribution in [3.8, 4) is 17.6 Å². The van der Waals surface area contributed by atoms with Crippen molar-refractivity contribution in [3.05, 3.63) is 62.3 Å². The van der Waals surface area contributed by atoms with Crippen LogP contribution in [0.4, 0.5) is 18.9 Å². The molecule has 1 aromatic heterocycles. The van der Waals surface area contributed by atoms with Crippen molar-refractivity contribution in [2.45, 2.75) is 25.8 Å². The maximum Gasteiger partial charge on any atom is 0.328 e. The van der Waals surface area contributed by atoms with Crippen molar-refractivity contribution >= 4 is 26.8 Å². The van der Waals surface area contributed by atoms with Crippen LogP contribution in [0.1, 0.15) is 27.7 Å². The largest absolute Gasteiger partial charge is 0.453 e. The Hall–Kier alpha value is -3.83. The molecule has 2 aromatic carbocycles. The van der Waals surface area contributed by atoms with Gasteiger partial charge < -0.3 is 9.72 Å². The Balaban J connectivity index is 0.00000210. The van der Waals surface area contributed by atoms with Crippen molar-refractivity contribution in [3.63, 3.8) is 0 Å². The second kappa shape index (κ2) is 8.93. The summed E-state index contributed by atoms with van der Waals surface area (Å²) in [6.45, 7) is -0.859. The number of H-pyrrole nitrogens is 1. The zero-order chi connectivity index (χ0) is 26.5. The summed E-state index contributed by atoms with van der Waals surface area (Å²) < 4.78 is 77.0. The van der Waals surface area contributed by atoms with Crippen LogP contribution in [-0.2, 0) is 16.8 Å². The van der Waals surface area contributed by atoms with Gasteiger partial charge in [0, 0.05) is 22.0 Å². The van der Waals surface area contributed by atoms with Crippen LogP contribution >= 0.6 is 0 Å². The number of rotatable bonds is 7. The molecule has 1 aliphatic carbocycles. The number of nitrogens with zero attached hydrogens (tertiary/aromatic N) is 3. The molecule has 2 N–H and O–H groups in total. The molecular formula is C23H24F3N5O5S. The lowest BCUT2D eigenvalue weighted by Crippen LogP contribution is -2.62. The van der Waals surface area contributed by atoms with Gasteiger partial charge in [0.1, 0.15) is 24.1 Å². The SMILES string of the molecule is N#Cc1c(NS(=O)(=O)N2CC3(CCC3)C2)cc(F)c(F)c1Oc1ccc2[nH]c(=O)n(CCF)c(=O)c2c1.[HH].[HH]. The van der Waals surface area contributed by atoms with E-state index in [2.05, 4.69) is 9.71 Å². The second-order valence-electron chi connectivity index (χ2n) is 9.15. The fraction of sp³-hybridized carbons (Fsp3) is 0.348.